The molecule has 3 rings (SSSR count). The summed E-state index contributed by atoms with van der Waals surface area (Å²) in [6.45, 7) is 1.70. The summed E-state index contributed by atoms with van der Waals surface area (Å²) in [4.78, 5) is 19.9. The number of aliphatic carboxylic acids is 1. The standard InChI is InChI=1S/C16H14FN3O2/c1-10-6-13-16(18-8-10)20(9-15(21)22)14(19-13)7-11-2-4-12(17)5-3-11/h2-6,8H,7,9H2,1H3,(H,21,22). The van der Waals surface area contributed by atoms with Crippen LogP contribution in [-0.4, -0.2) is 25.6 Å². The zero-order valence-electron chi connectivity index (χ0n) is 12.0. The highest BCUT2D eigenvalue weighted by atomic mass is 19.1. The van der Waals surface area contributed by atoms with Crippen molar-refractivity contribution < 1.29 is 14.3 Å². The minimum atomic E-state index is -0.956. The van der Waals surface area contributed by atoms with Gasteiger partial charge in [-0.15, -0.1) is 0 Å². The van der Waals surface area contributed by atoms with Gasteiger partial charge in [0.2, 0.25) is 0 Å². The van der Waals surface area contributed by atoms with Crippen molar-refractivity contribution in [3.8, 4) is 0 Å². The summed E-state index contributed by atoms with van der Waals surface area (Å²) in [7, 11) is 0. The molecule has 2 heterocycles. The van der Waals surface area contributed by atoms with Crippen LogP contribution < -0.4 is 0 Å². The Morgan fingerprint density at radius 3 is 2.73 bits per heavy atom. The lowest BCUT2D eigenvalue weighted by Crippen LogP contribution is -2.12. The molecule has 0 aliphatic heterocycles. The number of carboxylic acid groups (broad SMARTS) is 1. The van der Waals surface area contributed by atoms with Crippen molar-refractivity contribution in [3.05, 3.63) is 59.3 Å². The van der Waals surface area contributed by atoms with Crippen LogP contribution in [0.2, 0.25) is 0 Å². The molecule has 0 spiro atoms. The summed E-state index contributed by atoms with van der Waals surface area (Å²) in [6.07, 6.45) is 2.10. The van der Waals surface area contributed by atoms with Crippen LogP contribution in [0.5, 0.6) is 0 Å². The van der Waals surface area contributed by atoms with Crippen molar-refractivity contribution in [2.24, 2.45) is 0 Å². The second-order valence-corrected chi connectivity index (χ2v) is 5.17. The predicted octanol–water partition coefficient (Wildman–Crippen LogP) is 2.55. The van der Waals surface area contributed by atoms with Crippen molar-refractivity contribution in [2.45, 2.75) is 19.9 Å². The molecule has 0 aliphatic carbocycles. The van der Waals surface area contributed by atoms with Gasteiger partial charge < -0.3 is 9.67 Å². The van der Waals surface area contributed by atoms with Gasteiger partial charge in [-0.2, -0.15) is 0 Å². The first-order valence-corrected chi connectivity index (χ1v) is 6.81. The van der Waals surface area contributed by atoms with Gasteiger partial charge in [0.15, 0.2) is 5.65 Å². The van der Waals surface area contributed by atoms with Crippen LogP contribution in [-0.2, 0) is 17.8 Å². The third-order valence-corrected chi connectivity index (χ3v) is 3.37. The number of hydrogen-bond donors (Lipinski definition) is 1. The quantitative estimate of drug-likeness (QED) is 0.804. The molecule has 6 heteroatoms. The number of pyridine rings is 1. The van der Waals surface area contributed by atoms with Gasteiger partial charge >= 0.3 is 5.97 Å². The first-order chi connectivity index (χ1) is 10.5. The maximum Gasteiger partial charge on any atom is 0.323 e. The fraction of sp³-hybridized carbons (Fsp3) is 0.188. The number of rotatable bonds is 4. The van der Waals surface area contributed by atoms with Crippen LogP contribution in [0.4, 0.5) is 4.39 Å². The van der Waals surface area contributed by atoms with Crippen LogP contribution in [0.25, 0.3) is 11.2 Å². The molecule has 0 atom stereocenters. The van der Waals surface area contributed by atoms with Crippen LogP contribution in [0.3, 0.4) is 0 Å². The largest absolute Gasteiger partial charge is 0.480 e. The average molecular weight is 299 g/mol. The van der Waals surface area contributed by atoms with E-state index in [9.17, 15) is 9.18 Å². The van der Waals surface area contributed by atoms with Crippen molar-refractivity contribution in [2.75, 3.05) is 0 Å². The molecule has 5 nitrogen and oxygen atoms in total. The number of aryl methyl sites for hydroxylation is 1. The van der Waals surface area contributed by atoms with E-state index in [0.29, 0.717) is 23.4 Å². The first kappa shape index (κ1) is 14.2. The fourth-order valence-corrected chi connectivity index (χ4v) is 2.38. The number of carboxylic acids is 1. The number of carbonyl (C=O) groups is 1. The summed E-state index contributed by atoms with van der Waals surface area (Å²) in [5.41, 5.74) is 3.03. The summed E-state index contributed by atoms with van der Waals surface area (Å²) >= 11 is 0. The van der Waals surface area contributed by atoms with E-state index in [1.54, 1.807) is 22.9 Å². The van der Waals surface area contributed by atoms with Gasteiger partial charge in [0, 0.05) is 12.6 Å². The van der Waals surface area contributed by atoms with Crippen molar-refractivity contribution in [1.82, 2.24) is 14.5 Å². The highest BCUT2D eigenvalue weighted by Gasteiger charge is 2.15. The number of hydrogen-bond acceptors (Lipinski definition) is 3. The van der Waals surface area contributed by atoms with Crippen LogP contribution >= 0.6 is 0 Å². The van der Waals surface area contributed by atoms with Gasteiger partial charge in [-0.3, -0.25) is 4.79 Å². The molecule has 112 valence electrons. The van der Waals surface area contributed by atoms with E-state index >= 15 is 0 Å². The van der Waals surface area contributed by atoms with Gasteiger partial charge in [0.25, 0.3) is 0 Å². The number of benzene rings is 1. The van der Waals surface area contributed by atoms with E-state index in [4.69, 9.17) is 5.11 Å². The van der Waals surface area contributed by atoms with Gasteiger partial charge in [0.1, 0.15) is 23.7 Å². The number of nitrogens with zero attached hydrogens (tertiary/aromatic N) is 3. The van der Waals surface area contributed by atoms with E-state index in [0.717, 1.165) is 11.1 Å². The van der Waals surface area contributed by atoms with Crippen molar-refractivity contribution >= 4 is 17.1 Å². The van der Waals surface area contributed by atoms with E-state index in [-0.39, 0.29) is 12.4 Å². The van der Waals surface area contributed by atoms with Gasteiger partial charge in [-0.05, 0) is 36.2 Å². The molecule has 1 aromatic carbocycles. The molecule has 0 aliphatic rings. The monoisotopic (exact) mass is 299 g/mol. The van der Waals surface area contributed by atoms with Gasteiger partial charge in [-0.1, -0.05) is 12.1 Å². The Hall–Kier alpha value is -2.76. The summed E-state index contributed by atoms with van der Waals surface area (Å²) < 4.78 is 14.6. The summed E-state index contributed by atoms with van der Waals surface area (Å²) in [5.74, 6) is -0.663. The normalized spacial score (nSPS) is 11.0. The average Bonchev–Trinajstić information content (AvgIpc) is 2.78. The number of imidazole rings is 1. The topological polar surface area (TPSA) is 68.0 Å². The minimum absolute atomic E-state index is 0.205. The Bertz CT molecular complexity index is 840. The second kappa shape index (κ2) is 5.55. The fourth-order valence-electron chi connectivity index (χ4n) is 2.38. The highest BCUT2D eigenvalue weighted by Crippen LogP contribution is 2.18. The van der Waals surface area contributed by atoms with E-state index in [1.165, 1.54) is 12.1 Å². The molecule has 2 aromatic heterocycles. The molecule has 22 heavy (non-hydrogen) atoms. The SMILES string of the molecule is Cc1cnc2c(c1)nc(Cc1ccc(F)cc1)n2CC(=O)O. The molecule has 0 fully saturated rings. The molecule has 0 saturated heterocycles. The zero-order valence-corrected chi connectivity index (χ0v) is 12.0. The third kappa shape index (κ3) is 2.81. The molecule has 0 bridgehead atoms. The Labute approximate surface area is 126 Å². The molecule has 1 N–H and O–H groups in total. The molecule has 0 unspecified atom stereocenters. The highest BCUT2D eigenvalue weighted by molar-refractivity contribution is 5.75. The molecule has 0 radical (unpaired) electrons. The lowest BCUT2D eigenvalue weighted by molar-refractivity contribution is -0.137. The van der Waals surface area contributed by atoms with Crippen molar-refractivity contribution in [1.29, 1.82) is 0 Å². The van der Waals surface area contributed by atoms with E-state index in [2.05, 4.69) is 9.97 Å². The maximum absolute atomic E-state index is 13.0. The molecular weight excluding hydrogens is 285 g/mol. The first-order valence-electron chi connectivity index (χ1n) is 6.81. The lowest BCUT2D eigenvalue weighted by Gasteiger charge is -2.06. The number of fused-ring (bicyclic) bond motifs is 1. The Morgan fingerprint density at radius 2 is 2.05 bits per heavy atom. The molecule has 0 saturated carbocycles. The number of halogens is 1. The smallest absolute Gasteiger partial charge is 0.323 e. The van der Waals surface area contributed by atoms with E-state index < -0.39 is 5.97 Å². The Kier molecular flexibility index (Phi) is 3.58. The van der Waals surface area contributed by atoms with Crippen LogP contribution in [0.1, 0.15) is 17.0 Å². The summed E-state index contributed by atoms with van der Waals surface area (Å²) in [6, 6.07) is 7.95. The predicted molar refractivity (Wildman–Crippen MR) is 79.1 cm³/mol. The second-order valence-electron chi connectivity index (χ2n) is 5.17. The molecule has 3 aromatic rings. The van der Waals surface area contributed by atoms with Gasteiger partial charge in [-0.25, -0.2) is 14.4 Å². The minimum Gasteiger partial charge on any atom is -0.480 e. The van der Waals surface area contributed by atoms with Crippen LogP contribution in [0, 0.1) is 12.7 Å². The maximum atomic E-state index is 13.0. The van der Waals surface area contributed by atoms with Gasteiger partial charge in [0.05, 0.1) is 0 Å². The summed E-state index contributed by atoms with van der Waals surface area (Å²) in [5, 5.41) is 9.10. The lowest BCUT2D eigenvalue weighted by atomic mass is 10.1. The molecular formula is C16H14FN3O2. The Balaban J connectivity index is 2.06. The zero-order chi connectivity index (χ0) is 15.7. The Morgan fingerprint density at radius 1 is 1.32 bits per heavy atom. The van der Waals surface area contributed by atoms with Crippen LogP contribution in [0.15, 0.2) is 36.5 Å². The van der Waals surface area contributed by atoms with E-state index in [1.807, 2.05) is 13.0 Å². The van der Waals surface area contributed by atoms with Crippen molar-refractivity contribution in [3.63, 3.8) is 0 Å². The number of aromatic nitrogens is 3. The molecule has 0 amide bonds. The third-order valence-electron chi connectivity index (χ3n) is 3.37.